The molecule has 4 heterocycles. The van der Waals surface area contributed by atoms with Crippen molar-refractivity contribution in [3.05, 3.63) is 215 Å². The Labute approximate surface area is 552 Å². The van der Waals surface area contributed by atoms with Gasteiger partial charge in [0.2, 0.25) is 0 Å². The largest absolute Gasteiger partial charge is 0.507 e. The molecule has 0 saturated carbocycles. The topological polar surface area (TPSA) is 77.2 Å². The van der Waals surface area contributed by atoms with Crippen molar-refractivity contribution in [1.82, 2.24) is 14.5 Å². The molecule has 0 amide bonds. The molecule has 13 aromatic rings. The number of furan rings is 2. The number of rotatable bonds is 11. The van der Waals surface area contributed by atoms with Crippen molar-refractivity contribution in [2.45, 2.75) is 158 Å². The van der Waals surface area contributed by atoms with E-state index in [2.05, 4.69) is 280 Å². The van der Waals surface area contributed by atoms with Gasteiger partial charge in [-0.1, -0.05) is 220 Å². The number of phenolic OH excluding ortho intramolecular Hbond substituents is 1. The van der Waals surface area contributed by atoms with E-state index in [1.54, 1.807) is 0 Å². The van der Waals surface area contributed by atoms with Crippen molar-refractivity contribution in [3.8, 4) is 78.6 Å². The molecule has 0 unspecified atom stereocenters. The van der Waals surface area contributed by atoms with Crippen molar-refractivity contribution >= 4 is 54.9 Å². The van der Waals surface area contributed by atoms with Gasteiger partial charge in [-0.25, -0.2) is 4.98 Å². The van der Waals surface area contributed by atoms with Crippen molar-refractivity contribution in [2.75, 3.05) is 0 Å². The molecule has 0 spiro atoms. The fourth-order valence-corrected chi connectivity index (χ4v) is 13.5. The second-order valence-corrected chi connectivity index (χ2v) is 29.5. The first-order chi connectivity index (χ1) is 42.7. The number of fused-ring (bicyclic) bond motifs is 7. The number of pyridine rings is 1. The van der Waals surface area contributed by atoms with Gasteiger partial charge in [-0.3, -0.25) is 9.55 Å². The summed E-state index contributed by atoms with van der Waals surface area (Å²) >= 11 is 0. The molecule has 0 aliphatic heterocycles. The minimum Gasteiger partial charge on any atom is -0.507 e. The first-order valence-electron chi connectivity index (χ1n) is 32.4. The molecule has 0 fully saturated rings. The van der Waals surface area contributed by atoms with E-state index in [4.69, 9.17) is 18.8 Å². The van der Waals surface area contributed by atoms with Gasteiger partial charge in [0.1, 0.15) is 33.9 Å². The number of benzene rings is 9. The molecule has 7 heteroatoms. The quantitative estimate of drug-likeness (QED) is 0.131. The average Bonchev–Trinajstić information content (AvgIpc) is 1.65. The number of aromatic nitrogens is 3. The number of nitrogens with zero attached hydrogens (tertiary/aromatic N) is 3. The summed E-state index contributed by atoms with van der Waals surface area (Å²) in [4.78, 5) is 11.0. The Morgan fingerprint density at radius 3 is 1.66 bits per heavy atom. The Morgan fingerprint density at radius 1 is 0.462 bits per heavy atom. The zero-order chi connectivity index (χ0) is 63.6. The minimum atomic E-state index is -0.369. The monoisotopic (exact) mass is 1380 g/mol. The predicted octanol–water partition coefficient (Wildman–Crippen LogP) is 24.1. The second-order valence-electron chi connectivity index (χ2n) is 29.5. The number of para-hydroxylation sites is 3. The number of hydrogen-bond donors (Lipinski definition) is 1. The van der Waals surface area contributed by atoms with Crippen LogP contribution < -0.4 is 0 Å². The minimum absolute atomic E-state index is 0. The second kappa shape index (κ2) is 23.4. The molecular formula is C84H84N3O3Pt-. The van der Waals surface area contributed by atoms with Crippen LogP contribution in [0.15, 0.2) is 179 Å². The smallest absolute Gasteiger partial charge is 0.148 e. The van der Waals surface area contributed by atoms with Gasteiger partial charge in [-0.05, 0) is 156 Å². The van der Waals surface area contributed by atoms with Crippen LogP contribution >= 0.6 is 0 Å². The van der Waals surface area contributed by atoms with Crippen LogP contribution in [0.3, 0.4) is 0 Å². The summed E-state index contributed by atoms with van der Waals surface area (Å²) < 4.78 is 15.5. The molecular weight excluding hydrogens is 1290 g/mol. The average molecular weight is 1380 g/mol. The molecule has 0 saturated heterocycles. The van der Waals surface area contributed by atoms with E-state index in [9.17, 15) is 5.11 Å². The fraction of sp³-hybridized carbons (Fsp3) is 0.286. The van der Waals surface area contributed by atoms with Gasteiger partial charge in [0.05, 0.1) is 22.3 Å². The van der Waals surface area contributed by atoms with E-state index < -0.39 is 0 Å². The molecule has 13 rings (SSSR count). The summed E-state index contributed by atoms with van der Waals surface area (Å²) in [7, 11) is 0. The maximum atomic E-state index is 12.9. The Morgan fingerprint density at radius 2 is 1.03 bits per heavy atom. The van der Waals surface area contributed by atoms with Crippen LogP contribution in [0.1, 0.15) is 180 Å². The molecule has 464 valence electrons. The van der Waals surface area contributed by atoms with Crippen molar-refractivity contribution < 1.29 is 35.0 Å². The van der Waals surface area contributed by atoms with Crippen LogP contribution in [0.5, 0.6) is 5.75 Å². The van der Waals surface area contributed by atoms with Crippen LogP contribution in [-0.2, 0) is 37.3 Å². The van der Waals surface area contributed by atoms with Crippen LogP contribution in [0, 0.1) is 6.07 Å². The van der Waals surface area contributed by atoms with Gasteiger partial charge >= 0.3 is 0 Å². The Balaban J connectivity index is 0.00000800. The van der Waals surface area contributed by atoms with Gasteiger partial charge in [-0.2, -0.15) is 0 Å². The molecule has 6 nitrogen and oxygen atoms in total. The molecule has 4 aromatic heterocycles. The van der Waals surface area contributed by atoms with E-state index in [0.29, 0.717) is 17.3 Å². The molecule has 1 N–H and O–H groups in total. The van der Waals surface area contributed by atoms with Crippen LogP contribution in [0.2, 0.25) is 0 Å². The zero-order valence-electron chi connectivity index (χ0n) is 55.9. The third-order valence-corrected chi connectivity index (χ3v) is 18.6. The summed E-state index contributed by atoms with van der Waals surface area (Å²) in [5.41, 5.74) is 25.0. The van der Waals surface area contributed by atoms with E-state index in [-0.39, 0.29) is 60.8 Å². The van der Waals surface area contributed by atoms with Crippen molar-refractivity contribution in [1.29, 1.82) is 0 Å². The first kappa shape index (κ1) is 62.9. The van der Waals surface area contributed by atoms with Crippen molar-refractivity contribution in [2.24, 2.45) is 0 Å². The Bertz CT molecular complexity index is 4940. The summed E-state index contributed by atoms with van der Waals surface area (Å²) in [6, 6.07) is 63.3. The Hall–Kier alpha value is -8.31. The molecule has 0 bridgehead atoms. The third-order valence-electron chi connectivity index (χ3n) is 18.6. The maximum absolute atomic E-state index is 12.9. The third kappa shape index (κ3) is 11.3. The SMILES string of the molecule is CC(C)c1cc2c(oc3ccccc32)c(C(C)C)c1-c1ccc(-c2ccnc(-c3[c-]c(-c4cccc5c4nc(-c4cc(C(C)(C)C)cc(C(C)(C)C)c4O)n5-c4c(C(C)C)cc(-c5ccc6c(c5)oc5ccccc56)cc4C(C)C)cc(C(C)(C)C)c3)c2)cc1.[Pt]. The molecule has 0 aliphatic rings. The standard InChI is InChI=1S/C84H84N3O3.Pt/c1-47(2)64-46-67-62-24-19-21-28-73(62)90-80(67)75(50(7)8)76(64)52-31-29-51(30-32-52)54-35-36-85-70(42-54)57-37-56(38-58(39-57)82(9,10)11)60-25-22-26-71-77(60)86-81(68-44-59(83(12,13)14)45-69(79(68)88)84(15,16)17)87(71)78-65(48(3)4)40-55(41-66(78)49(5)6)53-33-34-63-61-23-18-20-27-72(61)89-74(63)43-53;/h18-36,38-50,88H,1-17H3;/q-1;. The molecule has 0 aliphatic carbocycles. The number of hydrogen-bond acceptors (Lipinski definition) is 5. The van der Waals surface area contributed by atoms with E-state index in [1.165, 1.54) is 38.8 Å². The van der Waals surface area contributed by atoms with Gasteiger partial charge in [-0.15, -0.1) is 29.3 Å². The van der Waals surface area contributed by atoms with Gasteiger partial charge in [0.25, 0.3) is 0 Å². The van der Waals surface area contributed by atoms with E-state index in [1.807, 2.05) is 18.3 Å². The van der Waals surface area contributed by atoms with Gasteiger partial charge in [0.15, 0.2) is 0 Å². The number of phenols is 1. The molecule has 9 aromatic carbocycles. The normalized spacial score (nSPS) is 12.6. The predicted molar refractivity (Wildman–Crippen MR) is 379 cm³/mol. The van der Waals surface area contributed by atoms with E-state index >= 15 is 0 Å². The number of aromatic hydroxyl groups is 1. The summed E-state index contributed by atoms with van der Waals surface area (Å²) in [5.74, 6) is 1.69. The van der Waals surface area contributed by atoms with Crippen molar-refractivity contribution in [3.63, 3.8) is 0 Å². The Kier molecular flexibility index (Phi) is 16.2. The van der Waals surface area contributed by atoms with Crippen LogP contribution in [-0.4, -0.2) is 19.6 Å². The molecule has 0 radical (unpaired) electrons. The van der Waals surface area contributed by atoms with Crippen LogP contribution in [0.25, 0.3) is 128 Å². The summed E-state index contributed by atoms with van der Waals surface area (Å²) in [5, 5.41) is 17.5. The number of imidazole rings is 1. The zero-order valence-corrected chi connectivity index (χ0v) is 58.2. The van der Waals surface area contributed by atoms with Gasteiger partial charge < -0.3 is 13.9 Å². The molecule has 0 atom stereocenters. The maximum Gasteiger partial charge on any atom is 0.148 e. The first-order valence-corrected chi connectivity index (χ1v) is 32.4. The van der Waals surface area contributed by atoms with Gasteiger partial charge in [0, 0.05) is 65.6 Å². The fourth-order valence-electron chi connectivity index (χ4n) is 13.5. The van der Waals surface area contributed by atoms with Crippen LogP contribution in [0.4, 0.5) is 0 Å². The molecule has 91 heavy (non-hydrogen) atoms. The van der Waals surface area contributed by atoms with E-state index in [0.717, 1.165) is 117 Å². The summed E-state index contributed by atoms with van der Waals surface area (Å²) in [6.45, 7) is 38.4. The summed E-state index contributed by atoms with van der Waals surface area (Å²) in [6.07, 6.45) is 1.93.